The highest BCUT2D eigenvalue weighted by molar-refractivity contribution is 4.95. The predicted molar refractivity (Wildman–Crippen MR) is 66.3 cm³/mol. The van der Waals surface area contributed by atoms with E-state index in [4.69, 9.17) is 10.5 Å². The van der Waals surface area contributed by atoms with Crippen molar-refractivity contribution in [3.8, 4) is 0 Å². The van der Waals surface area contributed by atoms with Gasteiger partial charge in [0.05, 0.1) is 0 Å². The summed E-state index contributed by atoms with van der Waals surface area (Å²) >= 11 is 0. The van der Waals surface area contributed by atoms with E-state index in [-0.39, 0.29) is 0 Å². The van der Waals surface area contributed by atoms with Gasteiger partial charge in [-0.25, -0.2) is 0 Å². The lowest BCUT2D eigenvalue weighted by molar-refractivity contribution is 0.170. The van der Waals surface area contributed by atoms with Crippen LogP contribution < -0.4 is 11.1 Å². The smallest absolute Gasteiger partial charge is 0.0468 e. The van der Waals surface area contributed by atoms with Crippen molar-refractivity contribution in [3.05, 3.63) is 0 Å². The van der Waals surface area contributed by atoms with Crippen LogP contribution >= 0.6 is 0 Å². The van der Waals surface area contributed by atoms with Crippen molar-refractivity contribution >= 4 is 0 Å². The lowest BCUT2D eigenvalue weighted by Gasteiger charge is -2.20. The molecule has 0 radical (unpaired) electrons. The quantitative estimate of drug-likeness (QED) is 0.692. The SMILES string of the molecule is COCCC1(CNCC2CCCC2N)CC1. The second kappa shape index (κ2) is 5.48. The zero-order valence-electron chi connectivity index (χ0n) is 10.5. The van der Waals surface area contributed by atoms with Crippen molar-refractivity contribution in [2.75, 3.05) is 26.8 Å². The molecule has 2 saturated carbocycles. The molecule has 0 spiro atoms. The van der Waals surface area contributed by atoms with Gasteiger partial charge < -0.3 is 15.8 Å². The molecule has 2 aliphatic rings. The van der Waals surface area contributed by atoms with E-state index >= 15 is 0 Å². The molecule has 0 aromatic carbocycles. The maximum atomic E-state index is 6.06. The molecule has 0 aliphatic heterocycles. The summed E-state index contributed by atoms with van der Waals surface area (Å²) in [7, 11) is 1.79. The van der Waals surface area contributed by atoms with Crippen LogP contribution in [0.25, 0.3) is 0 Å². The van der Waals surface area contributed by atoms with Crippen molar-refractivity contribution in [2.24, 2.45) is 17.1 Å². The van der Waals surface area contributed by atoms with Crippen LogP contribution in [0.1, 0.15) is 38.5 Å². The van der Waals surface area contributed by atoms with Crippen LogP contribution in [0.4, 0.5) is 0 Å². The number of nitrogens with one attached hydrogen (secondary N) is 1. The minimum atomic E-state index is 0.446. The Balaban J connectivity index is 1.60. The Morgan fingerprint density at radius 3 is 2.75 bits per heavy atom. The van der Waals surface area contributed by atoms with Crippen LogP contribution in [0.3, 0.4) is 0 Å². The van der Waals surface area contributed by atoms with Crippen molar-refractivity contribution < 1.29 is 4.74 Å². The first-order valence-electron chi connectivity index (χ1n) is 6.71. The third-order valence-corrected chi connectivity index (χ3v) is 4.42. The van der Waals surface area contributed by atoms with Gasteiger partial charge in [-0.05, 0) is 50.0 Å². The van der Waals surface area contributed by atoms with E-state index < -0.39 is 0 Å². The van der Waals surface area contributed by atoms with Gasteiger partial charge in [-0.3, -0.25) is 0 Å². The van der Waals surface area contributed by atoms with E-state index in [9.17, 15) is 0 Å². The molecular weight excluding hydrogens is 200 g/mol. The van der Waals surface area contributed by atoms with Gasteiger partial charge in [0.15, 0.2) is 0 Å². The van der Waals surface area contributed by atoms with Crippen LogP contribution in [0.15, 0.2) is 0 Å². The van der Waals surface area contributed by atoms with E-state index in [1.165, 1.54) is 45.1 Å². The van der Waals surface area contributed by atoms with Crippen LogP contribution in [-0.4, -0.2) is 32.8 Å². The number of methoxy groups -OCH3 is 1. The fourth-order valence-corrected chi connectivity index (χ4v) is 2.85. The van der Waals surface area contributed by atoms with Gasteiger partial charge in [0.25, 0.3) is 0 Å². The summed E-state index contributed by atoms with van der Waals surface area (Å²) in [5, 5.41) is 3.63. The van der Waals surface area contributed by atoms with Gasteiger partial charge in [0.1, 0.15) is 0 Å². The Hall–Kier alpha value is -0.120. The summed E-state index contributed by atoms with van der Waals surface area (Å²) < 4.78 is 5.17. The summed E-state index contributed by atoms with van der Waals surface area (Å²) in [5.41, 5.74) is 6.63. The normalized spacial score (nSPS) is 31.9. The Kier molecular flexibility index (Phi) is 4.22. The summed E-state index contributed by atoms with van der Waals surface area (Å²) in [6.45, 7) is 3.19. The minimum Gasteiger partial charge on any atom is -0.385 e. The Morgan fingerprint density at radius 1 is 1.38 bits per heavy atom. The second-order valence-corrected chi connectivity index (χ2v) is 5.73. The van der Waals surface area contributed by atoms with Gasteiger partial charge in [-0.1, -0.05) is 6.42 Å². The molecule has 0 aromatic heterocycles. The lowest BCUT2D eigenvalue weighted by atomic mass is 10.0. The Labute approximate surface area is 99.1 Å². The summed E-state index contributed by atoms with van der Waals surface area (Å²) in [6, 6.07) is 0.446. The predicted octanol–water partition coefficient (Wildman–Crippen LogP) is 1.52. The third-order valence-electron chi connectivity index (χ3n) is 4.42. The highest BCUT2D eigenvalue weighted by Crippen LogP contribution is 2.48. The largest absolute Gasteiger partial charge is 0.385 e. The maximum Gasteiger partial charge on any atom is 0.0468 e. The number of hydrogen-bond donors (Lipinski definition) is 2. The topological polar surface area (TPSA) is 47.3 Å². The number of hydrogen-bond acceptors (Lipinski definition) is 3. The van der Waals surface area contributed by atoms with Gasteiger partial charge >= 0.3 is 0 Å². The van der Waals surface area contributed by atoms with Gasteiger partial charge in [-0.15, -0.1) is 0 Å². The maximum absolute atomic E-state index is 6.06. The molecule has 3 nitrogen and oxygen atoms in total. The zero-order chi connectivity index (χ0) is 11.4. The average molecular weight is 226 g/mol. The molecule has 94 valence electrons. The zero-order valence-corrected chi connectivity index (χ0v) is 10.5. The van der Waals surface area contributed by atoms with Crippen molar-refractivity contribution in [2.45, 2.75) is 44.6 Å². The molecule has 2 rings (SSSR count). The molecule has 3 heteroatoms. The standard InChI is InChI=1S/C13H26N2O/c1-16-8-7-13(5-6-13)10-15-9-11-3-2-4-12(11)14/h11-12,15H,2-10,14H2,1H3. The van der Waals surface area contributed by atoms with Gasteiger partial charge in [-0.2, -0.15) is 0 Å². The molecule has 2 aliphatic carbocycles. The van der Waals surface area contributed by atoms with E-state index in [1.807, 2.05) is 0 Å². The first kappa shape index (κ1) is 12.3. The summed E-state index contributed by atoms with van der Waals surface area (Å²) in [6.07, 6.45) is 7.83. The second-order valence-electron chi connectivity index (χ2n) is 5.73. The highest BCUT2D eigenvalue weighted by atomic mass is 16.5. The molecule has 2 atom stereocenters. The first-order valence-corrected chi connectivity index (χ1v) is 6.71. The monoisotopic (exact) mass is 226 g/mol. The molecule has 0 bridgehead atoms. The van der Waals surface area contributed by atoms with E-state index in [2.05, 4.69) is 5.32 Å². The molecule has 16 heavy (non-hydrogen) atoms. The van der Waals surface area contributed by atoms with E-state index in [0.29, 0.717) is 11.5 Å². The lowest BCUT2D eigenvalue weighted by Crippen LogP contribution is -2.35. The van der Waals surface area contributed by atoms with Crippen molar-refractivity contribution in [3.63, 3.8) is 0 Å². The number of nitrogens with two attached hydrogens (primary N) is 1. The van der Waals surface area contributed by atoms with Gasteiger partial charge in [0.2, 0.25) is 0 Å². The van der Waals surface area contributed by atoms with E-state index in [1.54, 1.807) is 7.11 Å². The minimum absolute atomic E-state index is 0.446. The number of ether oxygens (including phenoxy) is 1. The fourth-order valence-electron chi connectivity index (χ4n) is 2.85. The number of rotatable bonds is 7. The molecule has 3 N–H and O–H groups in total. The van der Waals surface area contributed by atoms with Crippen LogP contribution in [0.5, 0.6) is 0 Å². The average Bonchev–Trinajstić information content (AvgIpc) is 2.94. The molecule has 0 saturated heterocycles. The van der Waals surface area contributed by atoms with Crippen LogP contribution in [0, 0.1) is 11.3 Å². The Morgan fingerprint density at radius 2 is 2.19 bits per heavy atom. The van der Waals surface area contributed by atoms with Crippen molar-refractivity contribution in [1.29, 1.82) is 0 Å². The molecular formula is C13H26N2O. The van der Waals surface area contributed by atoms with E-state index in [0.717, 1.165) is 19.1 Å². The highest BCUT2D eigenvalue weighted by Gasteiger charge is 2.41. The van der Waals surface area contributed by atoms with Gasteiger partial charge in [0, 0.05) is 26.3 Å². The Bertz CT molecular complexity index is 216. The molecule has 0 heterocycles. The summed E-state index contributed by atoms with van der Waals surface area (Å²) in [4.78, 5) is 0. The molecule has 2 fully saturated rings. The van der Waals surface area contributed by atoms with Crippen LogP contribution in [-0.2, 0) is 4.74 Å². The third kappa shape index (κ3) is 3.19. The van der Waals surface area contributed by atoms with Crippen LogP contribution in [0.2, 0.25) is 0 Å². The molecule has 0 aromatic rings. The summed E-state index contributed by atoms with van der Waals surface area (Å²) in [5.74, 6) is 0.721. The molecule has 2 unspecified atom stereocenters. The first-order chi connectivity index (χ1) is 7.76. The fraction of sp³-hybridized carbons (Fsp3) is 1.00. The van der Waals surface area contributed by atoms with Crippen molar-refractivity contribution in [1.82, 2.24) is 5.32 Å². The molecule has 0 amide bonds.